The van der Waals surface area contributed by atoms with Crippen molar-refractivity contribution >= 4 is 16.7 Å². The standard InChI is InChI=1S/C13H23N3OS/c1-9(17)10-5-7-16(8-6-10)12-14-11(15-18-12)13(2,3)4/h9-10,17H,5-8H2,1-4H3. The molecule has 1 saturated heterocycles. The first-order valence-corrected chi connectivity index (χ1v) is 7.42. The Balaban J connectivity index is 2.00. The number of hydrogen-bond acceptors (Lipinski definition) is 5. The summed E-state index contributed by atoms with van der Waals surface area (Å²) in [7, 11) is 0. The molecule has 1 N–H and O–H groups in total. The number of anilines is 1. The van der Waals surface area contributed by atoms with Gasteiger partial charge in [0.05, 0.1) is 6.10 Å². The normalized spacial score (nSPS) is 20.2. The second-order valence-electron chi connectivity index (χ2n) is 6.22. The van der Waals surface area contributed by atoms with Crippen LogP contribution in [0.25, 0.3) is 0 Å². The monoisotopic (exact) mass is 269 g/mol. The van der Waals surface area contributed by atoms with E-state index in [9.17, 15) is 5.11 Å². The molecule has 5 heteroatoms. The molecule has 1 aliphatic heterocycles. The quantitative estimate of drug-likeness (QED) is 0.896. The zero-order valence-corrected chi connectivity index (χ0v) is 12.5. The van der Waals surface area contributed by atoms with Crippen molar-refractivity contribution in [2.24, 2.45) is 5.92 Å². The molecule has 0 saturated carbocycles. The van der Waals surface area contributed by atoms with Gasteiger partial charge in [0.25, 0.3) is 0 Å². The molecule has 2 heterocycles. The van der Waals surface area contributed by atoms with E-state index in [1.807, 2.05) is 6.92 Å². The molecule has 1 fully saturated rings. The lowest BCUT2D eigenvalue weighted by molar-refractivity contribution is 0.110. The maximum absolute atomic E-state index is 9.60. The van der Waals surface area contributed by atoms with E-state index in [1.54, 1.807) is 0 Å². The van der Waals surface area contributed by atoms with Crippen LogP contribution in [0.2, 0.25) is 0 Å². The molecule has 1 aromatic heterocycles. The van der Waals surface area contributed by atoms with Gasteiger partial charge in [-0.1, -0.05) is 20.8 Å². The van der Waals surface area contributed by atoms with Gasteiger partial charge < -0.3 is 10.0 Å². The molecule has 1 unspecified atom stereocenters. The Morgan fingerprint density at radius 2 is 1.94 bits per heavy atom. The van der Waals surface area contributed by atoms with Crippen LogP contribution in [0.1, 0.15) is 46.4 Å². The van der Waals surface area contributed by atoms with E-state index in [2.05, 4.69) is 35.0 Å². The SMILES string of the molecule is CC(O)C1CCN(c2nc(C(C)(C)C)ns2)CC1. The number of aromatic nitrogens is 2. The third-order valence-corrected chi connectivity index (χ3v) is 4.36. The van der Waals surface area contributed by atoms with E-state index in [-0.39, 0.29) is 11.5 Å². The van der Waals surface area contributed by atoms with Gasteiger partial charge in [-0.2, -0.15) is 4.37 Å². The summed E-state index contributed by atoms with van der Waals surface area (Å²) >= 11 is 1.49. The van der Waals surface area contributed by atoms with Gasteiger partial charge >= 0.3 is 0 Å². The van der Waals surface area contributed by atoms with Gasteiger partial charge in [0.2, 0.25) is 5.13 Å². The van der Waals surface area contributed by atoms with Crippen molar-refractivity contribution in [3.05, 3.63) is 5.82 Å². The van der Waals surface area contributed by atoms with Crippen LogP contribution in [0.15, 0.2) is 0 Å². The second-order valence-corrected chi connectivity index (χ2v) is 6.95. The molecule has 102 valence electrons. The van der Waals surface area contributed by atoms with Crippen molar-refractivity contribution in [2.75, 3.05) is 18.0 Å². The molecular formula is C13H23N3OS. The highest BCUT2D eigenvalue weighted by molar-refractivity contribution is 7.09. The number of nitrogens with zero attached hydrogens (tertiary/aromatic N) is 3. The Kier molecular flexibility index (Phi) is 3.92. The molecule has 2 rings (SSSR count). The minimum atomic E-state index is -0.188. The van der Waals surface area contributed by atoms with Crippen LogP contribution in [0.4, 0.5) is 5.13 Å². The Morgan fingerprint density at radius 1 is 1.33 bits per heavy atom. The summed E-state index contributed by atoms with van der Waals surface area (Å²) < 4.78 is 4.46. The average Bonchev–Trinajstić information content (AvgIpc) is 2.78. The smallest absolute Gasteiger partial charge is 0.205 e. The van der Waals surface area contributed by atoms with Gasteiger partial charge in [-0.05, 0) is 25.7 Å². The largest absolute Gasteiger partial charge is 0.393 e. The van der Waals surface area contributed by atoms with E-state index in [1.165, 1.54) is 11.5 Å². The molecule has 0 aliphatic carbocycles. The van der Waals surface area contributed by atoms with E-state index < -0.39 is 0 Å². The summed E-state index contributed by atoms with van der Waals surface area (Å²) in [5.74, 6) is 1.37. The van der Waals surface area contributed by atoms with Crippen LogP contribution < -0.4 is 4.90 Å². The number of rotatable bonds is 2. The van der Waals surface area contributed by atoms with E-state index >= 15 is 0 Å². The first kappa shape index (κ1) is 13.7. The molecule has 0 bridgehead atoms. The van der Waals surface area contributed by atoms with Crippen LogP contribution in [-0.2, 0) is 5.41 Å². The third-order valence-electron chi connectivity index (χ3n) is 3.58. The van der Waals surface area contributed by atoms with Gasteiger partial charge in [0.1, 0.15) is 5.82 Å². The molecule has 0 aromatic carbocycles. The number of piperidine rings is 1. The zero-order valence-electron chi connectivity index (χ0n) is 11.7. The Bertz CT molecular complexity index is 389. The lowest BCUT2D eigenvalue weighted by atomic mass is 9.92. The Morgan fingerprint density at radius 3 is 2.39 bits per heavy atom. The summed E-state index contributed by atoms with van der Waals surface area (Å²) in [5, 5.41) is 10.6. The topological polar surface area (TPSA) is 49.2 Å². The minimum Gasteiger partial charge on any atom is -0.393 e. The van der Waals surface area contributed by atoms with Gasteiger partial charge in [-0.3, -0.25) is 0 Å². The summed E-state index contributed by atoms with van der Waals surface area (Å²) in [4.78, 5) is 6.94. The van der Waals surface area contributed by atoms with Crippen LogP contribution in [0.5, 0.6) is 0 Å². The fraction of sp³-hybridized carbons (Fsp3) is 0.846. The fourth-order valence-corrected chi connectivity index (χ4v) is 3.13. The molecule has 18 heavy (non-hydrogen) atoms. The third kappa shape index (κ3) is 3.01. The van der Waals surface area contributed by atoms with E-state index in [0.717, 1.165) is 36.9 Å². The highest BCUT2D eigenvalue weighted by Crippen LogP contribution is 2.29. The first-order chi connectivity index (χ1) is 8.38. The van der Waals surface area contributed by atoms with Crippen molar-refractivity contribution in [3.8, 4) is 0 Å². The van der Waals surface area contributed by atoms with Crippen molar-refractivity contribution in [2.45, 2.75) is 52.1 Å². The van der Waals surface area contributed by atoms with Gasteiger partial charge in [-0.15, -0.1) is 0 Å². The maximum Gasteiger partial charge on any atom is 0.205 e. The second kappa shape index (κ2) is 5.13. The first-order valence-electron chi connectivity index (χ1n) is 6.65. The molecule has 0 spiro atoms. The fourth-order valence-electron chi connectivity index (χ4n) is 2.22. The lowest BCUT2D eigenvalue weighted by Crippen LogP contribution is -2.37. The number of aliphatic hydroxyl groups excluding tert-OH is 1. The lowest BCUT2D eigenvalue weighted by Gasteiger charge is -2.32. The van der Waals surface area contributed by atoms with Crippen molar-refractivity contribution in [1.29, 1.82) is 0 Å². The summed E-state index contributed by atoms with van der Waals surface area (Å²) in [6.45, 7) is 10.3. The van der Waals surface area contributed by atoms with Crippen LogP contribution in [0.3, 0.4) is 0 Å². The highest BCUT2D eigenvalue weighted by Gasteiger charge is 2.26. The van der Waals surface area contributed by atoms with E-state index in [4.69, 9.17) is 0 Å². The van der Waals surface area contributed by atoms with Gasteiger partial charge in [-0.25, -0.2) is 4.98 Å². The van der Waals surface area contributed by atoms with Crippen LogP contribution >= 0.6 is 11.5 Å². The minimum absolute atomic E-state index is 0.0205. The molecule has 1 aliphatic rings. The predicted molar refractivity (Wildman–Crippen MR) is 75.2 cm³/mol. The predicted octanol–water partition coefficient (Wildman–Crippen LogP) is 2.43. The Labute approximate surface area is 113 Å². The van der Waals surface area contributed by atoms with Gasteiger partial charge in [0.15, 0.2) is 0 Å². The number of hydrogen-bond donors (Lipinski definition) is 1. The maximum atomic E-state index is 9.60. The molecule has 4 nitrogen and oxygen atoms in total. The number of aliphatic hydroxyl groups is 1. The van der Waals surface area contributed by atoms with E-state index in [0.29, 0.717) is 5.92 Å². The Hall–Kier alpha value is -0.680. The average molecular weight is 269 g/mol. The van der Waals surface area contributed by atoms with Crippen molar-refractivity contribution in [1.82, 2.24) is 9.36 Å². The molecular weight excluding hydrogens is 246 g/mol. The summed E-state index contributed by atoms with van der Waals surface area (Å²) in [6.07, 6.45) is 1.90. The van der Waals surface area contributed by atoms with Crippen molar-refractivity contribution < 1.29 is 5.11 Å². The molecule has 0 amide bonds. The molecule has 1 aromatic rings. The molecule has 0 radical (unpaired) electrons. The van der Waals surface area contributed by atoms with Gasteiger partial charge in [0, 0.05) is 30.0 Å². The highest BCUT2D eigenvalue weighted by atomic mass is 32.1. The van der Waals surface area contributed by atoms with Crippen LogP contribution in [0, 0.1) is 5.92 Å². The summed E-state index contributed by atoms with van der Waals surface area (Å²) in [5.41, 5.74) is 0.0205. The van der Waals surface area contributed by atoms with Crippen LogP contribution in [-0.4, -0.2) is 33.7 Å². The zero-order chi connectivity index (χ0) is 13.3. The van der Waals surface area contributed by atoms with Crippen molar-refractivity contribution in [3.63, 3.8) is 0 Å². The summed E-state index contributed by atoms with van der Waals surface area (Å²) in [6, 6.07) is 0. The molecule has 1 atom stereocenters.